The van der Waals surface area contributed by atoms with Crippen LogP contribution in [0.5, 0.6) is 0 Å². The van der Waals surface area contributed by atoms with Crippen molar-refractivity contribution < 1.29 is 19.1 Å². The van der Waals surface area contributed by atoms with Gasteiger partial charge in [0.1, 0.15) is 5.60 Å². The van der Waals surface area contributed by atoms with E-state index in [4.69, 9.17) is 26.1 Å². The van der Waals surface area contributed by atoms with E-state index in [0.717, 1.165) is 67.6 Å². The summed E-state index contributed by atoms with van der Waals surface area (Å²) >= 11 is 6.42. The number of hydrogen-bond donors (Lipinski definition) is 0. The normalized spacial score (nSPS) is 17.5. The van der Waals surface area contributed by atoms with Gasteiger partial charge in [-0.15, -0.1) is 0 Å². The maximum atomic E-state index is 12.4. The van der Waals surface area contributed by atoms with Gasteiger partial charge < -0.3 is 14.4 Å². The molecule has 1 aromatic carbocycles. The van der Waals surface area contributed by atoms with Crippen LogP contribution >= 0.6 is 11.6 Å². The molecule has 0 N–H and O–H groups in total. The lowest BCUT2D eigenvalue weighted by Gasteiger charge is -2.33. The minimum absolute atomic E-state index is 0.145. The molecule has 39 heavy (non-hydrogen) atoms. The van der Waals surface area contributed by atoms with Crippen LogP contribution in [0.25, 0.3) is 11.6 Å². The van der Waals surface area contributed by atoms with Gasteiger partial charge in [-0.3, -0.25) is 9.78 Å². The Morgan fingerprint density at radius 3 is 2.62 bits per heavy atom. The fraction of sp³-hybridized carbons (Fsp3) is 0.531. The van der Waals surface area contributed by atoms with E-state index in [1.165, 1.54) is 5.56 Å². The van der Waals surface area contributed by atoms with Crippen molar-refractivity contribution in [3.8, 4) is 0 Å². The molecule has 1 unspecified atom stereocenters. The number of carbonyl (C=O) groups excluding carboxylic acids is 2. The number of allylic oxidation sites excluding steroid dienone is 1. The van der Waals surface area contributed by atoms with Crippen molar-refractivity contribution in [3.05, 3.63) is 63.9 Å². The second-order valence-corrected chi connectivity index (χ2v) is 12.0. The highest BCUT2D eigenvalue weighted by molar-refractivity contribution is 6.30. The fourth-order valence-corrected chi connectivity index (χ4v) is 5.86. The van der Waals surface area contributed by atoms with Gasteiger partial charge in [0.25, 0.3) is 0 Å². The quantitative estimate of drug-likeness (QED) is 0.311. The van der Waals surface area contributed by atoms with Crippen LogP contribution in [0.4, 0.5) is 4.79 Å². The van der Waals surface area contributed by atoms with E-state index < -0.39 is 5.60 Å². The Morgan fingerprint density at radius 1 is 1.13 bits per heavy atom. The molecule has 1 aliphatic carbocycles. The molecule has 1 fully saturated rings. The largest absolute Gasteiger partial charge is 0.466 e. The third-order valence-corrected chi connectivity index (χ3v) is 7.78. The summed E-state index contributed by atoms with van der Waals surface area (Å²) < 4.78 is 10.7. The summed E-state index contributed by atoms with van der Waals surface area (Å²) in [7, 11) is 0. The first kappa shape index (κ1) is 29.1. The molecule has 0 bridgehead atoms. The third-order valence-electron chi connectivity index (χ3n) is 7.54. The number of pyridine rings is 1. The van der Waals surface area contributed by atoms with E-state index in [1.54, 1.807) is 0 Å². The molecule has 6 nitrogen and oxygen atoms in total. The number of rotatable bonds is 8. The lowest BCUT2D eigenvalue weighted by atomic mass is 9.84. The summed E-state index contributed by atoms with van der Waals surface area (Å²) in [4.78, 5) is 31.3. The summed E-state index contributed by atoms with van der Waals surface area (Å²) in [5.74, 6) is 0.556. The molecule has 210 valence electrons. The van der Waals surface area contributed by atoms with Gasteiger partial charge >= 0.3 is 12.1 Å². The second-order valence-electron chi connectivity index (χ2n) is 11.6. The van der Waals surface area contributed by atoms with Gasteiger partial charge in [-0.1, -0.05) is 42.7 Å². The standard InChI is InChI=1S/C32H41ClN2O4/c1-5-38-29(36)14-11-23-20-24-21-25(33)12-13-26(24)28(30-27(23)10-7-17-34-30)9-6-8-22-15-18-35(19-16-22)31(37)39-32(2,3)4/h7,10,12-13,17,20-22,28H,5-6,8-9,11,14-16,18-19H2,1-4H3. The average Bonchev–Trinajstić information content (AvgIpc) is 3.01. The molecule has 0 radical (unpaired) electrons. The van der Waals surface area contributed by atoms with Crippen LogP contribution in [0.15, 0.2) is 36.5 Å². The Bertz CT molecular complexity index is 1190. The Labute approximate surface area is 237 Å². The molecule has 4 rings (SSSR count). The Morgan fingerprint density at radius 2 is 1.90 bits per heavy atom. The number of benzene rings is 1. The Kier molecular flexibility index (Phi) is 9.71. The summed E-state index contributed by atoms with van der Waals surface area (Å²) in [6, 6.07) is 10.2. The SMILES string of the molecule is CCOC(=O)CCC1=Cc2cc(Cl)ccc2C(CCCC2CCN(C(=O)OC(C)(C)C)CC2)c2ncccc21. The van der Waals surface area contributed by atoms with Crippen molar-refractivity contribution in [1.29, 1.82) is 0 Å². The number of nitrogens with zero attached hydrogens (tertiary/aromatic N) is 2. The van der Waals surface area contributed by atoms with Crippen molar-refractivity contribution in [3.63, 3.8) is 0 Å². The highest BCUT2D eigenvalue weighted by Gasteiger charge is 2.29. The van der Waals surface area contributed by atoms with E-state index in [0.29, 0.717) is 30.4 Å². The minimum Gasteiger partial charge on any atom is -0.466 e. The van der Waals surface area contributed by atoms with Crippen LogP contribution in [-0.4, -0.2) is 47.2 Å². The predicted molar refractivity (Wildman–Crippen MR) is 156 cm³/mol. The number of carbonyl (C=O) groups is 2. The lowest BCUT2D eigenvalue weighted by molar-refractivity contribution is -0.142. The summed E-state index contributed by atoms with van der Waals surface area (Å²) in [6.45, 7) is 9.44. The summed E-state index contributed by atoms with van der Waals surface area (Å²) in [5.41, 5.74) is 5.11. The van der Waals surface area contributed by atoms with Gasteiger partial charge in [0.2, 0.25) is 0 Å². The average molecular weight is 553 g/mol. The van der Waals surface area contributed by atoms with E-state index in [9.17, 15) is 9.59 Å². The van der Waals surface area contributed by atoms with E-state index >= 15 is 0 Å². The van der Waals surface area contributed by atoms with Gasteiger partial charge in [-0.25, -0.2) is 4.79 Å². The molecule has 1 aliphatic heterocycles. The van der Waals surface area contributed by atoms with Crippen molar-refractivity contribution in [2.24, 2.45) is 5.92 Å². The zero-order valence-electron chi connectivity index (χ0n) is 23.7. The Hall–Kier alpha value is -2.86. The van der Waals surface area contributed by atoms with Crippen LogP contribution in [0.3, 0.4) is 0 Å². The number of amides is 1. The van der Waals surface area contributed by atoms with Crippen molar-refractivity contribution >= 4 is 35.3 Å². The van der Waals surface area contributed by atoms with Crippen LogP contribution in [-0.2, 0) is 14.3 Å². The number of hydrogen-bond acceptors (Lipinski definition) is 5. The molecule has 1 amide bonds. The zero-order valence-corrected chi connectivity index (χ0v) is 24.4. The van der Waals surface area contributed by atoms with Crippen molar-refractivity contribution in [2.45, 2.75) is 84.2 Å². The number of esters is 1. The lowest BCUT2D eigenvalue weighted by Crippen LogP contribution is -2.41. The first-order chi connectivity index (χ1) is 18.6. The van der Waals surface area contributed by atoms with Gasteiger partial charge in [0.05, 0.1) is 12.3 Å². The molecule has 0 saturated carbocycles. The topological polar surface area (TPSA) is 68.7 Å². The third kappa shape index (κ3) is 7.84. The maximum Gasteiger partial charge on any atom is 0.410 e. The molecule has 0 spiro atoms. The number of likely N-dealkylation sites (tertiary alicyclic amines) is 1. The molecule has 2 aliphatic rings. The second kappa shape index (κ2) is 13.0. The number of halogens is 1. The number of fused-ring (bicyclic) bond motifs is 2. The molecular formula is C32H41ClN2O4. The van der Waals surface area contributed by atoms with Crippen LogP contribution in [0.1, 0.15) is 101 Å². The van der Waals surface area contributed by atoms with Gasteiger partial charge in [0, 0.05) is 36.6 Å². The smallest absolute Gasteiger partial charge is 0.410 e. The van der Waals surface area contributed by atoms with Crippen LogP contribution in [0.2, 0.25) is 5.02 Å². The molecule has 7 heteroatoms. The van der Waals surface area contributed by atoms with Gasteiger partial charge in [-0.05, 0) is 99.8 Å². The molecule has 2 aromatic rings. The predicted octanol–water partition coefficient (Wildman–Crippen LogP) is 7.88. The van der Waals surface area contributed by atoms with E-state index in [1.807, 2.05) is 57.0 Å². The van der Waals surface area contributed by atoms with Crippen molar-refractivity contribution in [1.82, 2.24) is 9.88 Å². The first-order valence-electron chi connectivity index (χ1n) is 14.2. The number of piperidine rings is 1. The van der Waals surface area contributed by atoms with E-state index in [-0.39, 0.29) is 18.0 Å². The Balaban J connectivity index is 1.45. The van der Waals surface area contributed by atoms with Gasteiger partial charge in [-0.2, -0.15) is 0 Å². The first-order valence-corrected chi connectivity index (χ1v) is 14.6. The minimum atomic E-state index is -0.467. The molecule has 1 aromatic heterocycles. The molecular weight excluding hydrogens is 512 g/mol. The molecule has 2 heterocycles. The zero-order chi connectivity index (χ0) is 28.0. The summed E-state index contributed by atoms with van der Waals surface area (Å²) in [6.07, 6.45) is 9.92. The number of aromatic nitrogens is 1. The molecule has 1 atom stereocenters. The highest BCUT2D eigenvalue weighted by atomic mass is 35.5. The maximum absolute atomic E-state index is 12.4. The molecule has 1 saturated heterocycles. The van der Waals surface area contributed by atoms with Crippen LogP contribution < -0.4 is 0 Å². The number of ether oxygens (including phenoxy) is 2. The van der Waals surface area contributed by atoms with Crippen molar-refractivity contribution in [2.75, 3.05) is 19.7 Å². The van der Waals surface area contributed by atoms with Crippen LogP contribution in [0, 0.1) is 5.92 Å². The monoisotopic (exact) mass is 552 g/mol. The highest BCUT2D eigenvalue weighted by Crippen LogP contribution is 2.42. The van der Waals surface area contributed by atoms with Gasteiger partial charge in [0.15, 0.2) is 0 Å². The fourth-order valence-electron chi connectivity index (χ4n) is 5.68. The van der Waals surface area contributed by atoms with E-state index in [2.05, 4.69) is 18.2 Å². The summed E-state index contributed by atoms with van der Waals surface area (Å²) in [5, 5.41) is 0.698.